The highest BCUT2D eigenvalue weighted by molar-refractivity contribution is 6.20. The number of fused-ring (bicyclic) bond motifs is 1. The lowest BCUT2D eigenvalue weighted by Gasteiger charge is -2.09. The van der Waals surface area contributed by atoms with Crippen LogP contribution in [0.2, 0.25) is 0 Å². The molecule has 6 heteroatoms. The van der Waals surface area contributed by atoms with Gasteiger partial charge in [0.05, 0.1) is 17.6 Å². The molecule has 104 valence electrons. The van der Waals surface area contributed by atoms with Gasteiger partial charge < -0.3 is 9.09 Å². The van der Waals surface area contributed by atoms with Gasteiger partial charge in [-0.2, -0.15) is 0 Å². The molecule has 1 atom stereocenters. The fourth-order valence-electron chi connectivity index (χ4n) is 2.32. The average molecular weight is 291 g/mol. The Balaban J connectivity index is 2.17. The SMILES string of the molecule is Cc1noc(C)c1Cn1c(C(C)Cl)nc2cccnc21. The minimum atomic E-state index is -0.190. The van der Waals surface area contributed by atoms with Crippen LogP contribution in [-0.4, -0.2) is 19.7 Å². The highest BCUT2D eigenvalue weighted by Gasteiger charge is 2.18. The monoisotopic (exact) mass is 290 g/mol. The molecule has 3 aromatic heterocycles. The molecular formula is C14H15ClN4O. The smallest absolute Gasteiger partial charge is 0.160 e. The summed E-state index contributed by atoms with van der Waals surface area (Å²) in [4.78, 5) is 8.98. The van der Waals surface area contributed by atoms with E-state index in [9.17, 15) is 0 Å². The first-order chi connectivity index (χ1) is 9.58. The fourth-order valence-corrected chi connectivity index (χ4v) is 2.49. The molecule has 0 saturated carbocycles. The molecule has 0 spiro atoms. The quantitative estimate of drug-likeness (QED) is 0.694. The van der Waals surface area contributed by atoms with Crippen LogP contribution in [0.4, 0.5) is 0 Å². The summed E-state index contributed by atoms with van der Waals surface area (Å²) in [7, 11) is 0. The maximum absolute atomic E-state index is 6.25. The second kappa shape index (κ2) is 4.90. The number of hydrogen-bond donors (Lipinski definition) is 0. The molecule has 0 fully saturated rings. The minimum absolute atomic E-state index is 0.190. The van der Waals surface area contributed by atoms with Gasteiger partial charge in [0.15, 0.2) is 5.65 Å². The Hall–Kier alpha value is -1.88. The molecule has 0 aliphatic heterocycles. The van der Waals surface area contributed by atoms with Crippen molar-refractivity contribution in [3.63, 3.8) is 0 Å². The standard InChI is InChI=1S/C14H15ClN4O/c1-8(15)13-17-12-5-4-6-16-14(12)19(13)7-11-9(2)18-20-10(11)3/h4-6,8H,7H2,1-3H3. The Kier molecular flexibility index (Phi) is 3.22. The van der Waals surface area contributed by atoms with Gasteiger partial charge in [-0.3, -0.25) is 0 Å². The second-order valence-electron chi connectivity index (χ2n) is 4.82. The van der Waals surface area contributed by atoms with Gasteiger partial charge in [-0.25, -0.2) is 9.97 Å². The summed E-state index contributed by atoms with van der Waals surface area (Å²) in [5, 5.41) is 3.80. The minimum Gasteiger partial charge on any atom is -0.361 e. The largest absolute Gasteiger partial charge is 0.361 e. The molecule has 3 aromatic rings. The van der Waals surface area contributed by atoms with Crippen molar-refractivity contribution in [1.29, 1.82) is 0 Å². The Bertz CT molecular complexity index is 740. The Morgan fingerprint density at radius 2 is 2.20 bits per heavy atom. The maximum Gasteiger partial charge on any atom is 0.160 e. The third kappa shape index (κ3) is 2.08. The molecular weight excluding hydrogens is 276 g/mol. The Labute approximate surface area is 121 Å². The number of imidazole rings is 1. The molecule has 3 rings (SSSR count). The zero-order valence-corrected chi connectivity index (χ0v) is 12.3. The van der Waals surface area contributed by atoms with Crippen molar-refractivity contribution in [1.82, 2.24) is 19.7 Å². The van der Waals surface area contributed by atoms with Crippen molar-refractivity contribution in [2.45, 2.75) is 32.7 Å². The van der Waals surface area contributed by atoms with E-state index in [4.69, 9.17) is 16.1 Å². The number of aromatic nitrogens is 4. The molecule has 0 aromatic carbocycles. The van der Waals surface area contributed by atoms with E-state index >= 15 is 0 Å². The number of pyridine rings is 1. The lowest BCUT2D eigenvalue weighted by molar-refractivity contribution is 0.392. The summed E-state index contributed by atoms with van der Waals surface area (Å²) in [6.45, 7) is 6.36. The molecule has 0 radical (unpaired) electrons. The van der Waals surface area contributed by atoms with E-state index in [-0.39, 0.29) is 5.38 Å². The third-order valence-electron chi connectivity index (χ3n) is 3.39. The van der Waals surface area contributed by atoms with Gasteiger partial charge in [-0.05, 0) is 32.9 Å². The number of hydrogen-bond acceptors (Lipinski definition) is 4. The molecule has 0 N–H and O–H groups in total. The van der Waals surface area contributed by atoms with Crippen LogP contribution in [-0.2, 0) is 6.54 Å². The molecule has 0 saturated heterocycles. The first-order valence-corrected chi connectivity index (χ1v) is 6.88. The van der Waals surface area contributed by atoms with Crippen molar-refractivity contribution < 1.29 is 4.52 Å². The predicted molar refractivity (Wildman–Crippen MR) is 76.9 cm³/mol. The van der Waals surface area contributed by atoms with Crippen molar-refractivity contribution in [3.8, 4) is 0 Å². The van der Waals surface area contributed by atoms with Gasteiger partial charge in [0, 0.05) is 11.8 Å². The average Bonchev–Trinajstić information content (AvgIpc) is 2.94. The van der Waals surface area contributed by atoms with Gasteiger partial charge in [0.1, 0.15) is 17.1 Å². The number of halogens is 1. The number of nitrogens with zero attached hydrogens (tertiary/aromatic N) is 4. The second-order valence-corrected chi connectivity index (χ2v) is 5.48. The zero-order chi connectivity index (χ0) is 14.3. The Morgan fingerprint density at radius 3 is 2.85 bits per heavy atom. The van der Waals surface area contributed by atoms with E-state index in [0.717, 1.165) is 34.0 Å². The van der Waals surface area contributed by atoms with E-state index in [0.29, 0.717) is 6.54 Å². The third-order valence-corrected chi connectivity index (χ3v) is 3.58. The summed E-state index contributed by atoms with van der Waals surface area (Å²) >= 11 is 6.25. The van der Waals surface area contributed by atoms with E-state index in [2.05, 4.69) is 15.1 Å². The summed E-state index contributed by atoms with van der Waals surface area (Å²) in [6.07, 6.45) is 1.76. The van der Waals surface area contributed by atoms with Crippen LogP contribution in [0.15, 0.2) is 22.9 Å². The van der Waals surface area contributed by atoms with E-state index in [1.54, 1.807) is 6.20 Å². The molecule has 5 nitrogen and oxygen atoms in total. The lowest BCUT2D eigenvalue weighted by atomic mass is 10.2. The lowest BCUT2D eigenvalue weighted by Crippen LogP contribution is -2.07. The Morgan fingerprint density at radius 1 is 1.40 bits per heavy atom. The van der Waals surface area contributed by atoms with Crippen LogP contribution >= 0.6 is 11.6 Å². The van der Waals surface area contributed by atoms with Gasteiger partial charge in [-0.1, -0.05) is 5.16 Å². The normalized spacial score (nSPS) is 13.0. The first-order valence-electron chi connectivity index (χ1n) is 6.45. The van der Waals surface area contributed by atoms with Gasteiger partial charge >= 0.3 is 0 Å². The molecule has 20 heavy (non-hydrogen) atoms. The maximum atomic E-state index is 6.25. The molecule has 1 unspecified atom stereocenters. The van der Waals surface area contributed by atoms with Crippen LogP contribution in [0.1, 0.15) is 35.1 Å². The van der Waals surface area contributed by atoms with Gasteiger partial charge in [0.25, 0.3) is 0 Å². The summed E-state index contributed by atoms with van der Waals surface area (Å²) in [6, 6.07) is 3.81. The van der Waals surface area contributed by atoms with Crippen molar-refractivity contribution in [3.05, 3.63) is 41.2 Å². The van der Waals surface area contributed by atoms with Gasteiger partial charge in [0.2, 0.25) is 0 Å². The molecule has 3 heterocycles. The number of rotatable bonds is 3. The van der Waals surface area contributed by atoms with E-state index in [1.807, 2.05) is 37.5 Å². The molecule has 0 amide bonds. The summed E-state index contributed by atoms with van der Waals surface area (Å²) in [5.41, 5.74) is 3.61. The molecule has 0 aliphatic rings. The van der Waals surface area contributed by atoms with Crippen LogP contribution < -0.4 is 0 Å². The van der Waals surface area contributed by atoms with Crippen LogP contribution in [0.5, 0.6) is 0 Å². The van der Waals surface area contributed by atoms with Crippen molar-refractivity contribution >= 4 is 22.8 Å². The molecule has 0 bridgehead atoms. The highest BCUT2D eigenvalue weighted by Crippen LogP contribution is 2.25. The van der Waals surface area contributed by atoms with Crippen LogP contribution in [0.25, 0.3) is 11.2 Å². The van der Waals surface area contributed by atoms with Crippen molar-refractivity contribution in [2.75, 3.05) is 0 Å². The summed E-state index contributed by atoms with van der Waals surface area (Å²) < 4.78 is 7.25. The summed E-state index contributed by atoms with van der Waals surface area (Å²) in [5.74, 6) is 1.62. The zero-order valence-electron chi connectivity index (χ0n) is 11.6. The van der Waals surface area contributed by atoms with E-state index in [1.165, 1.54) is 0 Å². The topological polar surface area (TPSA) is 56.7 Å². The number of aryl methyl sites for hydroxylation is 2. The fraction of sp³-hybridized carbons (Fsp3) is 0.357. The first kappa shape index (κ1) is 13.1. The highest BCUT2D eigenvalue weighted by atomic mass is 35.5. The van der Waals surface area contributed by atoms with Gasteiger partial charge in [-0.15, -0.1) is 11.6 Å². The molecule has 0 aliphatic carbocycles. The van der Waals surface area contributed by atoms with Crippen LogP contribution in [0, 0.1) is 13.8 Å². The van der Waals surface area contributed by atoms with Crippen LogP contribution in [0.3, 0.4) is 0 Å². The van der Waals surface area contributed by atoms with E-state index < -0.39 is 0 Å². The number of alkyl halides is 1. The van der Waals surface area contributed by atoms with Crippen molar-refractivity contribution in [2.24, 2.45) is 0 Å². The predicted octanol–water partition coefficient (Wildman–Crippen LogP) is 3.38.